The van der Waals surface area contributed by atoms with E-state index in [2.05, 4.69) is 10.1 Å². The molecular weight excluding hydrogens is 293 g/mol. The average Bonchev–Trinajstić information content (AvgIpc) is 3.13. The molecule has 0 spiro atoms. The van der Waals surface area contributed by atoms with Crippen LogP contribution in [0.2, 0.25) is 5.02 Å². The van der Waals surface area contributed by atoms with E-state index in [-0.39, 0.29) is 22.8 Å². The Morgan fingerprint density at radius 2 is 2.10 bits per heavy atom. The van der Waals surface area contributed by atoms with Gasteiger partial charge in [0.2, 0.25) is 11.7 Å². The topological polar surface area (TPSA) is 64.9 Å². The van der Waals surface area contributed by atoms with Gasteiger partial charge in [-0.2, -0.15) is 4.98 Å². The van der Waals surface area contributed by atoms with Crippen LogP contribution in [-0.4, -0.2) is 16.2 Å². The molecule has 4 atom stereocenters. The molecule has 0 radical (unpaired) electrons. The third kappa shape index (κ3) is 2.07. The Bertz CT molecular complexity index is 687. The number of halogens is 2. The Balaban J connectivity index is 1.67. The van der Waals surface area contributed by atoms with E-state index in [1.54, 1.807) is 6.07 Å². The highest BCUT2D eigenvalue weighted by molar-refractivity contribution is 6.33. The number of fused-ring (bicyclic) bond motifs is 2. The van der Waals surface area contributed by atoms with Crippen molar-refractivity contribution >= 4 is 11.6 Å². The quantitative estimate of drug-likeness (QED) is 0.924. The van der Waals surface area contributed by atoms with E-state index in [1.807, 2.05) is 0 Å². The number of nitrogens with two attached hydrogens (primary N) is 1. The Morgan fingerprint density at radius 1 is 1.29 bits per heavy atom. The molecule has 21 heavy (non-hydrogen) atoms. The fraction of sp³-hybridized carbons (Fsp3) is 0.467. The monoisotopic (exact) mass is 307 g/mol. The third-order valence-corrected chi connectivity index (χ3v) is 5.19. The van der Waals surface area contributed by atoms with Gasteiger partial charge in [-0.1, -0.05) is 16.8 Å². The summed E-state index contributed by atoms with van der Waals surface area (Å²) in [5, 5.41) is 4.27. The molecule has 2 aromatic rings. The van der Waals surface area contributed by atoms with Crippen LogP contribution in [0, 0.1) is 17.7 Å². The summed E-state index contributed by atoms with van der Waals surface area (Å²) in [7, 11) is 0. The first-order valence-electron chi connectivity index (χ1n) is 7.18. The minimum absolute atomic E-state index is 0.0979. The van der Waals surface area contributed by atoms with Crippen molar-refractivity contribution in [3.05, 3.63) is 34.9 Å². The second-order valence-electron chi connectivity index (χ2n) is 6.02. The minimum Gasteiger partial charge on any atom is -0.339 e. The molecule has 0 saturated heterocycles. The summed E-state index contributed by atoms with van der Waals surface area (Å²) in [5.74, 6) is 1.86. The summed E-state index contributed by atoms with van der Waals surface area (Å²) < 4.78 is 18.5. The first-order valence-corrected chi connectivity index (χ1v) is 7.56. The molecule has 2 N–H and O–H groups in total. The van der Waals surface area contributed by atoms with Crippen molar-refractivity contribution in [3.63, 3.8) is 0 Å². The summed E-state index contributed by atoms with van der Waals surface area (Å²) in [6.07, 6.45) is 3.53. The molecule has 2 aliphatic carbocycles. The van der Waals surface area contributed by atoms with Crippen molar-refractivity contribution in [2.45, 2.75) is 31.2 Å². The van der Waals surface area contributed by atoms with Crippen molar-refractivity contribution < 1.29 is 8.91 Å². The first kappa shape index (κ1) is 13.2. The Kier molecular flexibility index (Phi) is 3.01. The van der Waals surface area contributed by atoms with Gasteiger partial charge in [0.15, 0.2) is 0 Å². The van der Waals surface area contributed by atoms with Crippen LogP contribution in [0.15, 0.2) is 22.7 Å². The van der Waals surface area contributed by atoms with Crippen LogP contribution in [0.5, 0.6) is 0 Å². The van der Waals surface area contributed by atoms with E-state index >= 15 is 0 Å². The normalized spacial score (nSPS) is 31.0. The standard InChI is InChI=1S/C15H15ClFN3O/c16-11-6-9(17)3-4-10(11)14-19-15(21-20-14)12-7-1-2-8(5-7)13(12)18/h3-4,6-8,12-13H,1-2,5,18H2. The second-order valence-corrected chi connectivity index (χ2v) is 6.42. The van der Waals surface area contributed by atoms with Crippen molar-refractivity contribution in [2.24, 2.45) is 17.6 Å². The third-order valence-electron chi connectivity index (χ3n) is 4.88. The molecule has 1 aromatic heterocycles. The number of hydrogen-bond acceptors (Lipinski definition) is 4. The van der Waals surface area contributed by atoms with Crippen molar-refractivity contribution in [3.8, 4) is 11.4 Å². The number of benzene rings is 1. The van der Waals surface area contributed by atoms with Crippen LogP contribution < -0.4 is 5.73 Å². The van der Waals surface area contributed by atoms with Crippen LogP contribution in [-0.2, 0) is 0 Å². The maximum Gasteiger partial charge on any atom is 0.231 e. The lowest BCUT2D eigenvalue weighted by molar-refractivity contribution is 0.279. The fourth-order valence-electron chi connectivity index (χ4n) is 3.85. The molecule has 2 bridgehead atoms. The van der Waals surface area contributed by atoms with Crippen molar-refractivity contribution in [2.75, 3.05) is 0 Å². The zero-order valence-electron chi connectivity index (χ0n) is 11.3. The predicted octanol–water partition coefficient (Wildman–Crippen LogP) is 3.37. The van der Waals surface area contributed by atoms with E-state index in [9.17, 15) is 4.39 Å². The largest absolute Gasteiger partial charge is 0.339 e. The van der Waals surface area contributed by atoms with Crippen molar-refractivity contribution in [1.29, 1.82) is 0 Å². The molecule has 110 valence electrons. The molecule has 4 nitrogen and oxygen atoms in total. The van der Waals surface area contributed by atoms with Gasteiger partial charge in [0.05, 0.1) is 10.9 Å². The van der Waals surface area contributed by atoms with E-state index in [4.69, 9.17) is 21.9 Å². The SMILES string of the molecule is NC1C2CCC(C2)C1c1nc(-c2ccc(F)cc2Cl)no1. The molecule has 1 heterocycles. The maximum atomic E-state index is 13.1. The number of rotatable bonds is 2. The Labute approximate surface area is 126 Å². The lowest BCUT2D eigenvalue weighted by Gasteiger charge is -2.24. The smallest absolute Gasteiger partial charge is 0.231 e. The lowest BCUT2D eigenvalue weighted by Crippen LogP contribution is -2.34. The Hall–Kier alpha value is -1.46. The maximum absolute atomic E-state index is 13.1. The molecular formula is C15H15ClFN3O. The van der Waals surface area contributed by atoms with Gasteiger partial charge in [-0.3, -0.25) is 0 Å². The predicted molar refractivity (Wildman–Crippen MR) is 76.2 cm³/mol. The van der Waals surface area contributed by atoms with Crippen LogP contribution in [0.4, 0.5) is 4.39 Å². The molecule has 0 amide bonds. The number of nitrogens with zero attached hydrogens (tertiary/aromatic N) is 2. The van der Waals surface area contributed by atoms with E-state index < -0.39 is 0 Å². The summed E-state index contributed by atoms with van der Waals surface area (Å²) in [4.78, 5) is 4.46. The van der Waals surface area contributed by atoms with Crippen LogP contribution in [0.1, 0.15) is 31.1 Å². The van der Waals surface area contributed by atoms with Gasteiger partial charge >= 0.3 is 0 Å². The summed E-state index contributed by atoms with van der Waals surface area (Å²) in [6, 6.07) is 4.24. The van der Waals surface area contributed by atoms with E-state index in [0.29, 0.717) is 29.1 Å². The lowest BCUT2D eigenvalue weighted by atomic mass is 9.85. The van der Waals surface area contributed by atoms with E-state index in [0.717, 1.165) is 6.42 Å². The average molecular weight is 308 g/mol. The molecule has 2 aliphatic rings. The van der Waals surface area contributed by atoms with Gasteiger partial charge in [0, 0.05) is 11.6 Å². The van der Waals surface area contributed by atoms with Gasteiger partial charge in [0.1, 0.15) is 5.82 Å². The molecule has 2 saturated carbocycles. The summed E-state index contributed by atoms with van der Waals surface area (Å²) in [5.41, 5.74) is 6.86. The fourth-order valence-corrected chi connectivity index (χ4v) is 4.10. The number of hydrogen-bond donors (Lipinski definition) is 1. The highest BCUT2D eigenvalue weighted by Crippen LogP contribution is 2.51. The second kappa shape index (κ2) is 4.78. The van der Waals surface area contributed by atoms with Crippen LogP contribution >= 0.6 is 11.6 Å². The van der Waals surface area contributed by atoms with Gasteiger partial charge in [-0.15, -0.1) is 0 Å². The van der Waals surface area contributed by atoms with Crippen molar-refractivity contribution in [1.82, 2.24) is 10.1 Å². The Morgan fingerprint density at radius 3 is 2.81 bits per heavy atom. The molecule has 2 fully saturated rings. The van der Waals surface area contributed by atoms with Gasteiger partial charge in [-0.25, -0.2) is 4.39 Å². The molecule has 1 aromatic carbocycles. The number of aromatic nitrogens is 2. The zero-order valence-corrected chi connectivity index (χ0v) is 12.1. The molecule has 6 heteroatoms. The molecule has 4 rings (SSSR count). The minimum atomic E-state index is -0.386. The summed E-state index contributed by atoms with van der Waals surface area (Å²) >= 11 is 6.04. The summed E-state index contributed by atoms with van der Waals surface area (Å²) in [6.45, 7) is 0. The zero-order chi connectivity index (χ0) is 14.6. The molecule has 0 aliphatic heterocycles. The first-order chi connectivity index (χ1) is 10.1. The highest BCUT2D eigenvalue weighted by atomic mass is 35.5. The van der Waals surface area contributed by atoms with Crippen LogP contribution in [0.3, 0.4) is 0 Å². The highest BCUT2D eigenvalue weighted by Gasteiger charge is 2.48. The molecule has 4 unspecified atom stereocenters. The van der Waals surface area contributed by atoms with Gasteiger partial charge in [-0.05, 0) is 49.3 Å². The van der Waals surface area contributed by atoms with Gasteiger partial charge < -0.3 is 10.3 Å². The van der Waals surface area contributed by atoms with Gasteiger partial charge in [0.25, 0.3) is 0 Å². The van der Waals surface area contributed by atoms with Crippen LogP contribution in [0.25, 0.3) is 11.4 Å². The van der Waals surface area contributed by atoms with E-state index in [1.165, 1.54) is 25.0 Å².